The lowest BCUT2D eigenvalue weighted by Crippen LogP contribution is -2.38. The number of aryl methyl sites for hydroxylation is 1. The molecule has 4 rings (SSSR count). The molecular formula is C38H52N4O3. The van der Waals surface area contributed by atoms with Crippen molar-refractivity contribution in [3.8, 4) is 24.3 Å². The van der Waals surface area contributed by atoms with E-state index >= 15 is 0 Å². The third kappa shape index (κ3) is 11.7. The Labute approximate surface area is 270 Å². The summed E-state index contributed by atoms with van der Waals surface area (Å²) in [6, 6.07) is 7.80. The maximum Gasteiger partial charge on any atom is 0.254 e. The van der Waals surface area contributed by atoms with E-state index in [-0.39, 0.29) is 12.7 Å². The lowest BCUT2D eigenvalue weighted by Gasteiger charge is -2.17. The van der Waals surface area contributed by atoms with Gasteiger partial charge in [0.1, 0.15) is 0 Å². The van der Waals surface area contributed by atoms with Gasteiger partial charge in [0.2, 0.25) is 6.79 Å². The molecule has 0 unspecified atom stereocenters. The molecule has 2 aliphatic rings. The number of ether oxygens (including phenoxy) is 2. The fourth-order valence-electron chi connectivity index (χ4n) is 4.94. The van der Waals surface area contributed by atoms with Crippen molar-refractivity contribution in [1.82, 2.24) is 14.8 Å². The molecule has 3 heterocycles. The fourth-order valence-corrected chi connectivity index (χ4v) is 4.94. The number of rotatable bonds is 11. The van der Waals surface area contributed by atoms with E-state index in [1.165, 1.54) is 31.5 Å². The summed E-state index contributed by atoms with van der Waals surface area (Å²) in [5.41, 5.74) is 10.3. The standard InChI is InChI=1S/C31H39N3O3.C5H11N.C2H2/c1-6-8-18-34(5)31(35)27-20-26(14-12-24(7-2)10-9-17-32)33-28(23(27)4)15-11-22(3)25-13-16-29-30(19-25)37-21-36-29;1-6-4-2-3-5-6;1-2/h7,9-11,13,15-16,19-20H,4,6,8,12,14,17-18,21,32H2,1-3,5H3;2-5H2,1H3;1-2H/b10-9-,22-11+,24-7+,28-15+;;. The van der Waals surface area contributed by atoms with Gasteiger partial charge in [0.05, 0.1) is 10.9 Å². The molecule has 2 aromatic rings. The molecule has 7 heteroatoms. The van der Waals surface area contributed by atoms with Gasteiger partial charge in [-0.05, 0) is 102 Å². The number of nitrogens with zero attached hydrogens (tertiary/aromatic N) is 3. The van der Waals surface area contributed by atoms with Crippen molar-refractivity contribution < 1.29 is 14.3 Å². The molecule has 0 atom stereocenters. The predicted molar refractivity (Wildman–Crippen MR) is 188 cm³/mol. The second-order valence-electron chi connectivity index (χ2n) is 11.2. The second kappa shape index (κ2) is 20.0. The van der Waals surface area contributed by atoms with Crippen molar-refractivity contribution in [2.45, 2.75) is 59.3 Å². The van der Waals surface area contributed by atoms with E-state index in [4.69, 9.17) is 20.2 Å². The monoisotopic (exact) mass is 612 g/mol. The smallest absolute Gasteiger partial charge is 0.254 e. The van der Waals surface area contributed by atoms with E-state index in [0.29, 0.717) is 35.6 Å². The molecule has 7 nitrogen and oxygen atoms in total. The van der Waals surface area contributed by atoms with Gasteiger partial charge in [0.25, 0.3) is 5.91 Å². The van der Waals surface area contributed by atoms with Gasteiger partial charge >= 0.3 is 0 Å². The molecule has 1 fully saturated rings. The summed E-state index contributed by atoms with van der Waals surface area (Å²) in [4.78, 5) is 22.4. The number of aromatic nitrogens is 1. The third-order valence-electron chi connectivity index (χ3n) is 7.79. The van der Waals surface area contributed by atoms with E-state index in [1.54, 1.807) is 4.90 Å². The number of hydrogen-bond donors (Lipinski definition) is 1. The minimum Gasteiger partial charge on any atom is -0.454 e. The second-order valence-corrected chi connectivity index (χ2v) is 11.2. The van der Waals surface area contributed by atoms with E-state index in [9.17, 15) is 4.79 Å². The number of allylic oxidation sites excluding steroid dienone is 5. The fraction of sp³-hybridized carbons (Fsp3) is 0.421. The molecule has 45 heavy (non-hydrogen) atoms. The van der Waals surface area contributed by atoms with Gasteiger partial charge in [-0.25, -0.2) is 0 Å². The first-order valence-electron chi connectivity index (χ1n) is 15.8. The van der Waals surface area contributed by atoms with Gasteiger partial charge in [-0.1, -0.05) is 55.9 Å². The van der Waals surface area contributed by atoms with E-state index in [2.05, 4.69) is 44.4 Å². The molecule has 0 saturated carbocycles. The van der Waals surface area contributed by atoms with Crippen LogP contribution in [0.5, 0.6) is 11.5 Å². The number of likely N-dealkylation sites (tertiary alicyclic amines) is 1. The summed E-state index contributed by atoms with van der Waals surface area (Å²) in [5.74, 6) is 1.48. The molecule has 242 valence electrons. The Morgan fingerprint density at radius 1 is 1.18 bits per heavy atom. The molecule has 1 saturated heterocycles. The maximum atomic E-state index is 13.3. The molecule has 2 N–H and O–H groups in total. The van der Waals surface area contributed by atoms with E-state index < -0.39 is 0 Å². The Morgan fingerprint density at radius 2 is 1.89 bits per heavy atom. The zero-order valence-electron chi connectivity index (χ0n) is 28.0. The first-order chi connectivity index (χ1) is 21.8. The van der Waals surface area contributed by atoms with Crippen LogP contribution in [0.2, 0.25) is 0 Å². The van der Waals surface area contributed by atoms with Crippen molar-refractivity contribution in [3.63, 3.8) is 0 Å². The SMILES string of the molecule is C#C.C=c1c(C(=O)N(C)CCCC)cc(CCC(/C=C\CN)=C/C)n/c1=C/C=C(\C)c1ccc2c(c1)OCO2.CN1CCCC1. The van der Waals surface area contributed by atoms with Gasteiger partial charge in [0, 0.05) is 31.0 Å². The van der Waals surface area contributed by atoms with Gasteiger partial charge in [0.15, 0.2) is 11.5 Å². The summed E-state index contributed by atoms with van der Waals surface area (Å²) in [5, 5.41) is 1.34. The van der Waals surface area contributed by atoms with Crippen LogP contribution in [0.3, 0.4) is 0 Å². The van der Waals surface area contributed by atoms with Crippen molar-refractivity contribution in [2.75, 3.05) is 47.1 Å². The topological polar surface area (TPSA) is 80.9 Å². The number of terminal acetylenes is 1. The predicted octanol–water partition coefficient (Wildman–Crippen LogP) is 5.33. The Balaban J connectivity index is 0.000000775. The third-order valence-corrected chi connectivity index (χ3v) is 7.79. The first-order valence-corrected chi connectivity index (χ1v) is 15.8. The summed E-state index contributed by atoms with van der Waals surface area (Å²) in [7, 11) is 4.02. The maximum absolute atomic E-state index is 13.3. The molecule has 1 aromatic heterocycles. The van der Waals surface area contributed by atoms with Crippen LogP contribution in [0, 0.1) is 12.8 Å². The number of amides is 1. The van der Waals surface area contributed by atoms with Crippen LogP contribution in [0.25, 0.3) is 18.2 Å². The molecule has 2 aliphatic heterocycles. The van der Waals surface area contributed by atoms with Gasteiger partial charge in [-0.3, -0.25) is 9.78 Å². The highest BCUT2D eigenvalue weighted by atomic mass is 16.7. The van der Waals surface area contributed by atoms with Crippen LogP contribution in [0.4, 0.5) is 0 Å². The Hall–Kier alpha value is -4.12. The highest BCUT2D eigenvalue weighted by molar-refractivity contribution is 5.94. The van der Waals surface area contributed by atoms with Crippen LogP contribution in [0.1, 0.15) is 74.5 Å². The Morgan fingerprint density at radius 3 is 2.51 bits per heavy atom. The average Bonchev–Trinajstić information content (AvgIpc) is 3.75. The minimum atomic E-state index is -0.0255. The molecular weight excluding hydrogens is 560 g/mol. The number of nitrogens with two attached hydrogens (primary N) is 1. The highest BCUT2D eigenvalue weighted by Gasteiger charge is 2.16. The number of fused-ring (bicyclic) bond motifs is 1. The largest absolute Gasteiger partial charge is 0.454 e. The number of carbonyl (C=O) groups is 1. The van der Waals surface area contributed by atoms with Crippen LogP contribution in [-0.2, 0) is 6.42 Å². The first kappa shape index (κ1) is 37.1. The summed E-state index contributed by atoms with van der Waals surface area (Å²) in [6.07, 6.45) is 24.4. The summed E-state index contributed by atoms with van der Waals surface area (Å²) in [6.45, 7) is 14.5. The number of benzene rings is 1. The normalized spacial score (nSPS) is 15.0. The number of hydrogen-bond acceptors (Lipinski definition) is 6. The van der Waals surface area contributed by atoms with Crippen molar-refractivity contribution >= 4 is 24.1 Å². The number of unbranched alkanes of at least 4 members (excludes halogenated alkanes) is 1. The molecule has 0 spiro atoms. The molecule has 1 aromatic carbocycles. The van der Waals surface area contributed by atoms with Crippen LogP contribution in [-0.4, -0.2) is 67.8 Å². The van der Waals surface area contributed by atoms with Crippen LogP contribution < -0.4 is 25.8 Å². The zero-order chi connectivity index (χ0) is 33.2. The molecule has 0 bridgehead atoms. The number of carbonyl (C=O) groups excluding carboxylic acids is 1. The average molecular weight is 613 g/mol. The zero-order valence-corrected chi connectivity index (χ0v) is 28.0. The molecule has 0 radical (unpaired) electrons. The van der Waals surface area contributed by atoms with Gasteiger partial charge in [-0.15, -0.1) is 12.8 Å². The van der Waals surface area contributed by atoms with Gasteiger partial charge < -0.3 is 25.0 Å². The lowest BCUT2D eigenvalue weighted by molar-refractivity contribution is 0.0791. The van der Waals surface area contributed by atoms with Crippen molar-refractivity contribution in [2.24, 2.45) is 5.73 Å². The van der Waals surface area contributed by atoms with Crippen LogP contribution >= 0.6 is 0 Å². The summed E-state index contributed by atoms with van der Waals surface area (Å²) >= 11 is 0. The minimum absolute atomic E-state index is 0.0255. The van der Waals surface area contributed by atoms with Crippen LogP contribution in [0.15, 0.2) is 54.1 Å². The van der Waals surface area contributed by atoms with E-state index in [0.717, 1.165) is 47.6 Å². The number of pyridine rings is 1. The van der Waals surface area contributed by atoms with Gasteiger partial charge in [-0.2, -0.15) is 0 Å². The highest BCUT2D eigenvalue weighted by Crippen LogP contribution is 2.34. The molecule has 1 amide bonds. The van der Waals surface area contributed by atoms with E-state index in [1.807, 2.05) is 69.5 Å². The lowest BCUT2D eigenvalue weighted by atomic mass is 10.0. The quantitative estimate of drug-likeness (QED) is 0.273. The van der Waals surface area contributed by atoms with Crippen molar-refractivity contribution in [1.29, 1.82) is 0 Å². The molecule has 0 aliphatic carbocycles. The Bertz CT molecular complexity index is 1470. The Kier molecular flexibility index (Phi) is 16.5. The summed E-state index contributed by atoms with van der Waals surface area (Å²) < 4.78 is 10.9. The van der Waals surface area contributed by atoms with Crippen molar-refractivity contribution in [3.05, 3.63) is 81.5 Å².